The van der Waals surface area contributed by atoms with Crippen molar-refractivity contribution < 1.29 is 9.53 Å². The molecule has 0 aliphatic heterocycles. The molecule has 0 amide bonds. The lowest BCUT2D eigenvalue weighted by molar-refractivity contribution is 0.0920. The smallest absolute Gasteiger partial charge is 0.200 e. The number of hydrogen-bond acceptors (Lipinski definition) is 2. The number of rotatable bonds is 4. The first-order chi connectivity index (χ1) is 9.88. The van der Waals surface area contributed by atoms with E-state index in [1.165, 1.54) is 5.56 Å². The average Bonchev–Trinajstić information content (AvgIpc) is 2.40. The Balaban J connectivity index is 2.13. The molecule has 2 nitrogen and oxygen atoms in total. The van der Waals surface area contributed by atoms with Crippen LogP contribution in [0, 0.1) is 13.8 Å². The zero-order valence-corrected chi connectivity index (χ0v) is 16.3. The number of halogens is 3. The van der Waals surface area contributed by atoms with E-state index in [-0.39, 0.29) is 12.4 Å². The maximum Gasteiger partial charge on any atom is 0.200 e. The number of carbonyl (C=O) groups excluding carboxylic acids is 1. The van der Waals surface area contributed by atoms with Gasteiger partial charge in [-0.2, -0.15) is 0 Å². The third kappa shape index (κ3) is 4.18. The van der Waals surface area contributed by atoms with E-state index < -0.39 is 0 Å². The summed E-state index contributed by atoms with van der Waals surface area (Å²) in [4.78, 5) is 12.2. The summed E-state index contributed by atoms with van der Waals surface area (Å²) < 4.78 is 8.15. The highest BCUT2D eigenvalue weighted by Gasteiger charge is 2.12. The number of aryl methyl sites for hydroxylation is 2. The molecule has 2 aromatic carbocycles. The second kappa shape index (κ2) is 7.07. The largest absolute Gasteiger partial charge is 0.483 e. The molecular weight excluding hydrogens is 464 g/mol. The van der Waals surface area contributed by atoms with Crippen molar-refractivity contribution in [1.29, 1.82) is 0 Å². The molecule has 0 aliphatic carbocycles. The van der Waals surface area contributed by atoms with Crippen LogP contribution < -0.4 is 4.74 Å². The van der Waals surface area contributed by atoms with Gasteiger partial charge >= 0.3 is 0 Å². The number of carbonyl (C=O) groups is 1. The van der Waals surface area contributed by atoms with Crippen LogP contribution in [0.4, 0.5) is 0 Å². The van der Waals surface area contributed by atoms with E-state index >= 15 is 0 Å². The van der Waals surface area contributed by atoms with Crippen molar-refractivity contribution >= 4 is 53.6 Å². The molecule has 110 valence electrons. The summed E-state index contributed by atoms with van der Waals surface area (Å²) in [6, 6.07) is 9.43. The van der Waals surface area contributed by atoms with Gasteiger partial charge in [0.05, 0.1) is 8.95 Å². The highest BCUT2D eigenvalue weighted by molar-refractivity contribution is 9.11. The molecule has 0 radical (unpaired) electrons. The fourth-order valence-corrected chi connectivity index (χ4v) is 4.29. The lowest BCUT2D eigenvalue weighted by Gasteiger charge is -2.11. The normalized spacial score (nSPS) is 10.5. The molecule has 0 saturated heterocycles. The van der Waals surface area contributed by atoms with E-state index in [2.05, 4.69) is 47.8 Å². The van der Waals surface area contributed by atoms with Crippen molar-refractivity contribution in [2.45, 2.75) is 13.8 Å². The second-order valence-corrected chi connectivity index (χ2v) is 7.33. The zero-order chi connectivity index (χ0) is 15.6. The van der Waals surface area contributed by atoms with Gasteiger partial charge in [0.2, 0.25) is 0 Å². The van der Waals surface area contributed by atoms with Crippen LogP contribution in [0.2, 0.25) is 0 Å². The zero-order valence-electron chi connectivity index (χ0n) is 11.5. The van der Waals surface area contributed by atoms with Crippen LogP contribution in [0.25, 0.3) is 0 Å². The first kappa shape index (κ1) is 16.7. The first-order valence-electron chi connectivity index (χ1n) is 6.26. The molecule has 0 N–H and O–H groups in total. The van der Waals surface area contributed by atoms with Gasteiger partial charge in [-0.15, -0.1) is 0 Å². The Bertz CT molecular complexity index is 673. The van der Waals surface area contributed by atoms with E-state index in [4.69, 9.17) is 4.74 Å². The van der Waals surface area contributed by atoms with Crippen molar-refractivity contribution in [2.75, 3.05) is 6.61 Å². The molecule has 0 aliphatic rings. The molecule has 0 bridgehead atoms. The van der Waals surface area contributed by atoms with Crippen LogP contribution in [-0.2, 0) is 0 Å². The predicted molar refractivity (Wildman–Crippen MR) is 95.3 cm³/mol. The van der Waals surface area contributed by atoms with Crippen LogP contribution >= 0.6 is 47.8 Å². The van der Waals surface area contributed by atoms with E-state index in [0.29, 0.717) is 11.3 Å². The van der Waals surface area contributed by atoms with Crippen LogP contribution in [0.5, 0.6) is 5.75 Å². The number of hydrogen-bond donors (Lipinski definition) is 0. The Morgan fingerprint density at radius 3 is 2.19 bits per heavy atom. The van der Waals surface area contributed by atoms with Crippen LogP contribution in [0.15, 0.2) is 43.7 Å². The summed E-state index contributed by atoms with van der Waals surface area (Å²) in [7, 11) is 0. The summed E-state index contributed by atoms with van der Waals surface area (Å²) in [6.45, 7) is 4.02. The molecule has 2 aromatic rings. The lowest BCUT2D eigenvalue weighted by Crippen LogP contribution is -2.12. The topological polar surface area (TPSA) is 26.3 Å². The minimum absolute atomic E-state index is 0.00132. The Morgan fingerprint density at radius 2 is 1.62 bits per heavy atom. The third-order valence-electron chi connectivity index (χ3n) is 3.14. The Hall–Kier alpha value is -0.650. The fourth-order valence-electron chi connectivity index (χ4n) is 1.80. The van der Waals surface area contributed by atoms with Crippen LogP contribution in [0.3, 0.4) is 0 Å². The summed E-state index contributed by atoms with van der Waals surface area (Å²) in [5, 5.41) is 0. The van der Waals surface area contributed by atoms with Crippen molar-refractivity contribution in [3.8, 4) is 5.75 Å². The van der Waals surface area contributed by atoms with Gasteiger partial charge < -0.3 is 4.74 Å². The highest BCUT2D eigenvalue weighted by Crippen LogP contribution is 2.36. The summed E-state index contributed by atoms with van der Waals surface area (Å²) >= 11 is 10.3. The van der Waals surface area contributed by atoms with Gasteiger partial charge in [0.25, 0.3) is 0 Å². The number of ketones is 1. The van der Waals surface area contributed by atoms with Gasteiger partial charge in [-0.3, -0.25) is 4.79 Å². The number of benzene rings is 2. The number of ether oxygens (including phenoxy) is 1. The Kier molecular flexibility index (Phi) is 5.63. The minimum Gasteiger partial charge on any atom is -0.483 e. The van der Waals surface area contributed by atoms with Gasteiger partial charge in [0.15, 0.2) is 12.4 Å². The number of Topliss-reactive ketones (excluding diaryl/α,β-unsaturated/α-hetero) is 1. The van der Waals surface area contributed by atoms with Crippen LogP contribution in [0.1, 0.15) is 21.5 Å². The molecule has 0 fully saturated rings. The molecule has 0 saturated carbocycles. The molecule has 0 spiro atoms. The summed E-state index contributed by atoms with van der Waals surface area (Å²) in [6.07, 6.45) is 0. The molecule has 0 unspecified atom stereocenters. The quantitative estimate of drug-likeness (QED) is 0.517. The van der Waals surface area contributed by atoms with Crippen molar-refractivity contribution in [1.82, 2.24) is 0 Å². The molecule has 0 heterocycles. The van der Waals surface area contributed by atoms with Gasteiger partial charge in [-0.05, 0) is 75.0 Å². The molecule has 21 heavy (non-hydrogen) atoms. The third-order valence-corrected chi connectivity index (χ3v) is 4.78. The summed E-state index contributed by atoms with van der Waals surface area (Å²) in [5.41, 5.74) is 2.94. The second-order valence-electron chi connectivity index (χ2n) is 4.71. The van der Waals surface area contributed by atoms with E-state index in [9.17, 15) is 4.79 Å². The maximum atomic E-state index is 12.2. The van der Waals surface area contributed by atoms with E-state index in [1.54, 1.807) is 0 Å². The maximum absolute atomic E-state index is 12.2. The van der Waals surface area contributed by atoms with Gasteiger partial charge in [0, 0.05) is 10.0 Å². The lowest BCUT2D eigenvalue weighted by atomic mass is 10.0. The van der Waals surface area contributed by atoms with Crippen molar-refractivity contribution in [3.05, 3.63) is 60.4 Å². The predicted octanol–water partition coefficient (Wildman–Crippen LogP) is 5.85. The van der Waals surface area contributed by atoms with Crippen LogP contribution in [-0.4, -0.2) is 12.4 Å². The molecule has 0 atom stereocenters. The SMILES string of the molecule is Cc1ccc(C(=O)COc2c(Br)cc(Br)cc2Br)cc1C. The molecular formula is C16H13Br3O2. The highest BCUT2D eigenvalue weighted by atomic mass is 79.9. The monoisotopic (exact) mass is 474 g/mol. The van der Waals surface area contributed by atoms with E-state index in [1.807, 2.05) is 44.2 Å². The Morgan fingerprint density at radius 1 is 1.00 bits per heavy atom. The Labute approximate surface area is 149 Å². The fraction of sp³-hybridized carbons (Fsp3) is 0.188. The summed E-state index contributed by atoms with van der Waals surface area (Å²) in [5.74, 6) is 0.579. The standard InChI is InChI=1S/C16H13Br3O2/c1-9-3-4-11(5-10(9)2)15(20)8-21-16-13(18)6-12(17)7-14(16)19/h3-7H,8H2,1-2H3. The van der Waals surface area contributed by atoms with E-state index in [0.717, 1.165) is 19.0 Å². The van der Waals surface area contributed by atoms with Gasteiger partial charge in [0.1, 0.15) is 5.75 Å². The molecule has 0 aromatic heterocycles. The molecule has 2 rings (SSSR count). The van der Waals surface area contributed by atoms with Crippen molar-refractivity contribution in [3.63, 3.8) is 0 Å². The van der Waals surface area contributed by atoms with Crippen molar-refractivity contribution in [2.24, 2.45) is 0 Å². The average molecular weight is 477 g/mol. The minimum atomic E-state index is -0.0418. The first-order valence-corrected chi connectivity index (χ1v) is 8.64. The van der Waals surface area contributed by atoms with Gasteiger partial charge in [-0.1, -0.05) is 28.1 Å². The van der Waals surface area contributed by atoms with Gasteiger partial charge in [-0.25, -0.2) is 0 Å². The molecule has 5 heteroatoms.